The van der Waals surface area contributed by atoms with E-state index in [1.54, 1.807) is 7.11 Å². The summed E-state index contributed by atoms with van der Waals surface area (Å²) in [5.74, 6) is 1.05. The van der Waals surface area contributed by atoms with Crippen LogP contribution in [0, 0.1) is 11.7 Å². The number of methoxy groups -OCH3 is 1. The van der Waals surface area contributed by atoms with E-state index >= 15 is 0 Å². The number of sulfone groups is 1. The van der Waals surface area contributed by atoms with Gasteiger partial charge >= 0.3 is 0 Å². The van der Waals surface area contributed by atoms with Crippen molar-refractivity contribution in [1.82, 2.24) is 0 Å². The largest absolute Gasteiger partial charge is 0.497 e. The minimum Gasteiger partial charge on any atom is -0.497 e. The first-order valence-corrected chi connectivity index (χ1v) is 15.4. The Balaban J connectivity index is 0.000000551. The highest BCUT2D eigenvalue weighted by Crippen LogP contribution is 2.35. The standard InChI is InChI=1S/C15H18OS.C7H7FO2S.2C4H10/c1-11-7-8-12(2)17-10-15(11)13-5-4-6-14(9-13)16-3;1-11(9,10)7-4-2-6(8)3-5-7;2*1-3-4-2/h4-6,8-11H,7H2,1-3H3;2-5H,1H3;2*3-4H2,1-2H3. The highest BCUT2D eigenvalue weighted by Gasteiger charge is 2.13. The highest BCUT2D eigenvalue weighted by molar-refractivity contribution is 8.05. The Labute approximate surface area is 224 Å². The zero-order valence-corrected chi connectivity index (χ0v) is 24.9. The average molecular weight is 537 g/mol. The Morgan fingerprint density at radius 2 is 1.53 bits per heavy atom. The minimum atomic E-state index is -3.19. The topological polar surface area (TPSA) is 43.4 Å². The molecule has 1 atom stereocenters. The number of allylic oxidation sites excluding steroid dienone is 3. The molecule has 36 heavy (non-hydrogen) atoms. The Bertz CT molecular complexity index is 1020. The number of hydrogen-bond acceptors (Lipinski definition) is 4. The van der Waals surface area contributed by atoms with Crippen LogP contribution in [0.5, 0.6) is 5.75 Å². The summed E-state index contributed by atoms with van der Waals surface area (Å²) in [6, 6.07) is 13.0. The zero-order chi connectivity index (χ0) is 27.6. The molecule has 0 spiro atoms. The van der Waals surface area contributed by atoms with Gasteiger partial charge in [-0.1, -0.05) is 78.5 Å². The molecule has 1 aliphatic rings. The molecule has 0 bridgehead atoms. The summed E-state index contributed by atoms with van der Waals surface area (Å²) in [5.41, 5.74) is 2.68. The van der Waals surface area contributed by atoms with Gasteiger partial charge in [0.1, 0.15) is 11.6 Å². The van der Waals surface area contributed by atoms with Gasteiger partial charge in [0, 0.05) is 6.26 Å². The average Bonchev–Trinajstić information content (AvgIpc) is 3.04. The van der Waals surface area contributed by atoms with Gasteiger partial charge in [-0.25, -0.2) is 12.8 Å². The number of hydrogen-bond donors (Lipinski definition) is 0. The number of ether oxygens (including phenoxy) is 1. The molecule has 3 rings (SSSR count). The molecule has 1 unspecified atom stereocenters. The predicted octanol–water partition coefficient (Wildman–Crippen LogP) is 9.55. The number of benzene rings is 2. The van der Waals surface area contributed by atoms with Crippen LogP contribution < -0.4 is 4.74 Å². The van der Waals surface area contributed by atoms with Gasteiger partial charge in [0.05, 0.1) is 12.0 Å². The Morgan fingerprint density at radius 3 is 2.00 bits per heavy atom. The third-order valence-electron chi connectivity index (χ3n) is 5.31. The van der Waals surface area contributed by atoms with Crippen molar-refractivity contribution in [3.05, 3.63) is 76.3 Å². The molecule has 0 N–H and O–H groups in total. The molecule has 3 nitrogen and oxygen atoms in total. The summed E-state index contributed by atoms with van der Waals surface area (Å²) in [7, 11) is -1.47. The lowest BCUT2D eigenvalue weighted by Gasteiger charge is -2.14. The van der Waals surface area contributed by atoms with E-state index in [9.17, 15) is 12.8 Å². The van der Waals surface area contributed by atoms with Crippen LogP contribution in [0.3, 0.4) is 0 Å². The second-order valence-corrected chi connectivity index (χ2v) is 11.7. The fourth-order valence-electron chi connectivity index (χ4n) is 2.63. The molecule has 1 heterocycles. The van der Waals surface area contributed by atoms with Gasteiger partial charge in [-0.2, -0.15) is 0 Å². The van der Waals surface area contributed by atoms with Crippen LogP contribution in [0.15, 0.2) is 69.8 Å². The maximum Gasteiger partial charge on any atom is 0.175 e. The van der Waals surface area contributed by atoms with E-state index in [-0.39, 0.29) is 4.90 Å². The summed E-state index contributed by atoms with van der Waals surface area (Å²) in [5, 5.41) is 2.28. The van der Waals surface area contributed by atoms with Crippen LogP contribution in [0.25, 0.3) is 5.57 Å². The Hall–Kier alpha value is -2.05. The lowest BCUT2D eigenvalue weighted by molar-refractivity contribution is 0.414. The van der Waals surface area contributed by atoms with Gasteiger partial charge < -0.3 is 4.74 Å². The fraction of sp³-hybridized carbons (Fsp3) is 0.467. The van der Waals surface area contributed by atoms with Crippen molar-refractivity contribution >= 4 is 27.2 Å². The van der Waals surface area contributed by atoms with Crippen molar-refractivity contribution in [2.75, 3.05) is 13.4 Å². The monoisotopic (exact) mass is 536 g/mol. The van der Waals surface area contributed by atoms with Crippen LogP contribution in [0.4, 0.5) is 4.39 Å². The summed E-state index contributed by atoms with van der Waals surface area (Å²) >= 11 is 1.82. The van der Waals surface area contributed by atoms with Gasteiger partial charge in [-0.15, -0.1) is 11.8 Å². The third-order valence-corrected chi connectivity index (χ3v) is 7.35. The van der Waals surface area contributed by atoms with Crippen LogP contribution in [-0.2, 0) is 9.84 Å². The maximum absolute atomic E-state index is 12.3. The van der Waals surface area contributed by atoms with Gasteiger partial charge in [0.25, 0.3) is 0 Å². The molecule has 202 valence electrons. The third kappa shape index (κ3) is 14.5. The highest BCUT2D eigenvalue weighted by atomic mass is 32.2. The smallest absolute Gasteiger partial charge is 0.175 e. The summed E-state index contributed by atoms with van der Waals surface area (Å²) < 4.78 is 39.2. The van der Waals surface area contributed by atoms with Crippen molar-refractivity contribution in [2.24, 2.45) is 5.92 Å². The van der Waals surface area contributed by atoms with Crippen molar-refractivity contribution < 1.29 is 17.5 Å². The van der Waals surface area contributed by atoms with Gasteiger partial charge in [-0.3, -0.25) is 0 Å². The Kier molecular flexibility index (Phi) is 18.0. The zero-order valence-electron chi connectivity index (χ0n) is 23.3. The van der Waals surface area contributed by atoms with E-state index in [0.29, 0.717) is 5.92 Å². The molecule has 2 aromatic rings. The van der Waals surface area contributed by atoms with Crippen LogP contribution in [-0.4, -0.2) is 21.8 Å². The normalized spacial score (nSPS) is 14.8. The molecule has 2 aromatic carbocycles. The lowest BCUT2D eigenvalue weighted by Crippen LogP contribution is -1.97. The number of rotatable bonds is 5. The molecular formula is C30H45FO3S2. The quantitative estimate of drug-likeness (QED) is 0.357. The summed E-state index contributed by atoms with van der Waals surface area (Å²) in [4.78, 5) is 1.52. The van der Waals surface area contributed by atoms with Crippen molar-refractivity contribution in [3.63, 3.8) is 0 Å². The number of unbranched alkanes of at least 4 members (excludes halogenated alkanes) is 2. The molecule has 0 amide bonds. The SMILES string of the molecule is CCCC.CCCC.COc1cccc(C2=CSC(C)=CCC2C)c1.CS(=O)(=O)c1ccc(F)cc1. The lowest BCUT2D eigenvalue weighted by atomic mass is 9.92. The summed E-state index contributed by atoms with van der Waals surface area (Å²) in [6.45, 7) is 13.2. The summed E-state index contributed by atoms with van der Waals surface area (Å²) in [6.07, 6.45) is 9.79. The van der Waals surface area contributed by atoms with E-state index in [0.717, 1.165) is 30.6 Å². The van der Waals surface area contributed by atoms with Crippen LogP contribution in [0.2, 0.25) is 0 Å². The fourth-order valence-corrected chi connectivity index (χ4v) is 4.13. The van der Waals surface area contributed by atoms with E-state index in [1.807, 2.05) is 17.8 Å². The molecule has 0 saturated carbocycles. The molecule has 0 aliphatic carbocycles. The minimum absolute atomic E-state index is 0.138. The van der Waals surface area contributed by atoms with E-state index in [4.69, 9.17) is 4.74 Å². The molecule has 0 aromatic heterocycles. The second kappa shape index (κ2) is 19.1. The first-order valence-electron chi connectivity index (χ1n) is 12.7. The molecular weight excluding hydrogens is 491 g/mol. The van der Waals surface area contributed by atoms with E-state index in [1.165, 1.54) is 53.9 Å². The van der Waals surface area contributed by atoms with Gasteiger partial charge in [0.2, 0.25) is 0 Å². The van der Waals surface area contributed by atoms with Gasteiger partial charge in [0.15, 0.2) is 9.84 Å². The molecule has 1 aliphatic heterocycles. The van der Waals surface area contributed by atoms with Crippen molar-refractivity contribution in [1.29, 1.82) is 0 Å². The number of halogens is 1. The molecule has 0 fully saturated rings. The predicted molar refractivity (Wildman–Crippen MR) is 157 cm³/mol. The first kappa shape index (κ1) is 34.0. The molecule has 0 saturated heterocycles. The Morgan fingerprint density at radius 1 is 0.972 bits per heavy atom. The second-order valence-electron chi connectivity index (χ2n) is 8.60. The van der Waals surface area contributed by atoms with Gasteiger partial charge in [-0.05, 0) is 77.1 Å². The van der Waals surface area contributed by atoms with Crippen molar-refractivity contribution in [3.8, 4) is 5.75 Å². The van der Waals surface area contributed by atoms with E-state index in [2.05, 4.69) is 71.2 Å². The van der Waals surface area contributed by atoms with Crippen LogP contribution >= 0.6 is 11.8 Å². The first-order chi connectivity index (χ1) is 17.0. The molecule has 0 radical (unpaired) electrons. The van der Waals surface area contributed by atoms with Crippen molar-refractivity contribution in [2.45, 2.75) is 78.5 Å². The maximum atomic E-state index is 12.3. The van der Waals surface area contributed by atoms with E-state index < -0.39 is 15.7 Å². The molecule has 6 heteroatoms. The van der Waals surface area contributed by atoms with Crippen LogP contribution in [0.1, 0.15) is 79.2 Å². The number of thioether (sulfide) groups is 1.